The average molecular weight is 383 g/mol. The van der Waals surface area contributed by atoms with Crippen molar-refractivity contribution in [1.29, 1.82) is 5.26 Å². The van der Waals surface area contributed by atoms with Gasteiger partial charge < -0.3 is 11.3 Å². The number of hydrogen-bond acceptors (Lipinski definition) is 5. The highest BCUT2D eigenvalue weighted by atomic mass is 19.3. The largest absolute Gasteiger partial charge is 0.332 e. The van der Waals surface area contributed by atoms with Crippen molar-refractivity contribution in [1.82, 2.24) is 15.2 Å². The van der Waals surface area contributed by atoms with Gasteiger partial charge in [-0.3, -0.25) is 4.68 Å². The van der Waals surface area contributed by atoms with Crippen molar-refractivity contribution in [2.45, 2.75) is 26.3 Å². The molecular formula is C19H19F2N7. The Labute approximate surface area is 160 Å². The molecule has 0 aliphatic rings. The maximum absolute atomic E-state index is 14.7. The van der Waals surface area contributed by atoms with Crippen LogP contribution in [0.1, 0.15) is 27.9 Å². The van der Waals surface area contributed by atoms with Gasteiger partial charge in [0.2, 0.25) is 5.84 Å². The van der Waals surface area contributed by atoms with E-state index in [0.717, 1.165) is 16.5 Å². The third-order valence-corrected chi connectivity index (χ3v) is 4.70. The smallest absolute Gasteiger partial charge is 0.321 e. The number of hydrazine groups is 1. The lowest BCUT2D eigenvalue weighted by molar-refractivity contribution is 0.0714. The lowest BCUT2D eigenvalue weighted by Crippen LogP contribution is -2.43. The van der Waals surface area contributed by atoms with E-state index in [1.165, 1.54) is 12.1 Å². The summed E-state index contributed by atoms with van der Waals surface area (Å²) in [7, 11) is 0. The zero-order chi connectivity index (χ0) is 20.5. The molecule has 0 fully saturated rings. The SMILES string of the molecule is Cc1cccc(C#N)c1Cn1nc(C)c2ccc(C(F)(F)/C(=N/N)NN)cc21. The second-order valence-corrected chi connectivity index (χ2v) is 6.38. The van der Waals surface area contributed by atoms with Crippen molar-refractivity contribution >= 4 is 16.7 Å². The van der Waals surface area contributed by atoms with Gasteiger partial charge in [0.25, 0.3) is 0 Å². The minimum atomic E-state index is -3.50. The van der Waals surface area contributed by atoms with E-state index in [1.54, 1.807) is 29.8 Å². The first kappa shape index (κ1) is 19.3. The normalized spacial score (nSPS) is 12.2. The van der Waals surface area contributed by atoms with Crippen LogP contribution in [-0.2, 0) is 12.5 Å². The van der Waals surface area contributed by atoms with Gasteiger partial charge >= 0.3 is 5.92 Å². The van der Waals surface area contributed by atoms with Gasteiger partial charge in [0.05, 0.1) is 29.4 Å². The summed E-state index contributed by atoms with van der Waals surface area (Å²) in [6, 6.07) is 11.8. The highest BCUT2D eigenvalue weighted by molar-refractivity contribution is 5.91. The summed E-state index contributed by atoms with van der Waals surface area (Å²) in [5, 5.41) is 17.6. The van der Waals surface area contributed by atoms with Crippen LogP contribution in [0.5, 0.6) is 0 Å². The summed E-state index contributed by atoms with van der Waals surface area (Å²) in [6.45, 7) is 3.97. The predicted octanol–water partition coefficient (Wildman–Crippen LogP) is 2.40. The van der Waals surface area contributed by atoms with Gasteiger partial charge in [0.15, 0.2) is 0 Å². The Kier molecular flexibility index (Phi) is 4.98. The Morgan fingerprint density at radius 1 is 1.32 bits per heavy atom. The number of benzene rings is 2. The van der Waals surface area contributed by atoms with Crippen LogP contribution in [0, 0.1) is 25.2 Å². The molecule has 0 saturated heterocycles. The van der Waals surface area contributed by atoms with E-state index < -0.39 is 11.8 Å². The first-order chi connectivity index (χ1) is 13.3. The molecule has 0 atom stereocenters. The van der Waals surface area contributed by atoms with Crippen LogP contribution in [0.25, 0.3) is 10.9 Å². The third kappa shape index (κ3) is 3.14. The topological polar surface area (TPSA) is 118 Å². The Hall–Kier alpha value is -3.51. The summed E-state index contributed by atoms with van der Waals surface area (Å²) in [5.74, 6) is 5.79. The van der Waals surface area contributed by atoms with Crippen LogP contribution >= 0.6 is 0 Å². The number of fused-ring (bicyclic) bond motifs is 1. The predicted molar refractivity (Wildman–Crippen MR) is 102 cm³/mol. The van der Waals surface area contributed by atoms with Gasteiger partial charge in [-0.25, -0.2) is 5.84 Å². The molecule has 9 heteroatoms. The van der Waals surface area contributed by atoms with Crippen molar-refractivity contribution in [3.63, 3.8) is 0 Å². The Bertz CT molecular complexity index is 1110. The third-order valence-electron chi connectivity index (χ3n) is 4.70. The zero-order valence-electron chi connectivity index (χ0n) is 15.4. The van der Waals surface area contributed by atoms with Crippen LogP contribution in [0.3, 0.4) is 0 Å². The van der Waals surface area contributed by atoms with Gasteiger partial charge in [-0.2, -0.15) is 24.2 Å². The fourth-order valence-corrected chi connectivity index (χ4v) is 3.17. The molecule has 1 aromatic heterocycles. The van der Waals surface area contributed by atoms with Crippen molar-refractivity contribution < 1.29 is 8.78 Å². The van der Waals surface area contributed by atoms with Gasteiger partial charge in [0, 0.05) is 10.9 Å². The number of hydrogen-bond donors (Lipinski definition) is 3. The van der Waals surface area contributed by atoms with E-state index in [2.05, 4.69) is 16.3 Å². The molecule has 5 N–H and O–H groups in total. The van der Waals surface area contributed by atoms with Crippen LogP contribution in [-0.4, -0.2) is 15.6 Å². The first-order valence-electron chi connectivity index (χ1n) is 8.42. The van der Waals surface area contributed by atoms with Crippen molar-refractivity contribution in [3.8, 4) is 6.07 Å². The second kappa shape index (κ2) is 7.25. The Balaban J connectivity index is 2.15. The summed E-state index contributed by atoms with van der Waals surface area (Å²) < 4.78 is 31.0. The van der Waals surface area contributed by atoms with Gasteiger partial charge in [-0.05, 0) is 37.1 Å². The summed E-state index contributed by atoms with van der Waals surface area (Å²) in [6.07, 6.45) is 0. The average Bonchev–Trinajstić information content (AvgIpc) is 2.99. The number of alkyl halides is 2. The second-order valence-electron chi connectivity index (χ2n) is 6.38. The number of hydrazone groups is 1. The highest BCUT2D eigenvalue weighted by Crippen LogP contribution is 2.32. The van der Waals surface area contributed by atoms with E-state index in [4.69, 9.17) is 11.7 Å². The van der Waals surface area contributed by atoms with Crippen LogP contribution in [0.15, 0.2) is 41.5 Å². The number of rotatable bonds is 4. The van der Waals surface area contributed by atoms with Crippen LogP contribution in [0.2, 0.25) is 0 Å². The molecule has 0 amide bonds. The molecule has 0 radical (unpaired) electrons. The fraction of sp³-hybridized carbons (Fsp3) is 0.211. The van der Waals surface area contributed by atoms with Crippen molar-refractivity contribution in [2.24, 2.45) is 16.8 Å². The number of amidine groups is 1. The molecule has 3 aromatic rings. The number of nitrogens with zero attached hydrogens (tertiary/aromatic N) is 4. The molecule has 0 unspecified atom stereocenters. The lowest BCUT2D eigenvalue weighted by atomic mass is 10.0. The van der Waals surface area contributed by atoms with E-state index in [9.17, 15) is 14.0 Å². The molecule has 7 nitrogen and oxygen atoms in total. The summed E-state index contributed by atoms with van der Waals surface area (Å²) in [5.41, 5.74) is 4.95. The maximum Gasteiger partial charge on any atom is 0.332 e. The quantitative estimate of drug-likeness (QED) is 0.277. The van der Waals surface area contributed by atoms with E-state index in [-0.39, 0.29) is 12.1 Å². The molecule has 0 saturated carbocycles. The number of nitriles is 1. The fourth-order valence-electron chi connectivity index (χ4n) is 3.17. The standard InChI is InChI=1S/C19H19F2N7/c1-11-4-3-5-13(9-22)16(11)10-28-17-8-14(6-7-15(17)12(2)27-28)19(20,21)18(25-23)26-24/h3-8H,10,23-24H2,1-2H3,(H,25,26). The maximum atomic E-state index is 14.7. The molecule has 28 heavy (non-hydrogen) atoms. The molecule has 0 spiro atoms. The molecule has 0 aliphatic carbocycles. The number of nitrogens with one attached hydrogen (secondary N) is 1. The van der Waals surface area contributed by atoms with E-state index >= 15 is 0 Å². The number of nitrogens with two attached hydrogens (primary N) is 2. The highest BCUT2D eigenvalue weighted by Gasteiger charge is 2.39. The van der Waals surface area contributed by atoms with E-state index in [0.29, 0.717) is 16.8 Å². The van der Waals surface area contributed by atoms with Crippen molar-refractivity contribution in [2.75, 3.05) is 0 Å². The van der Waals surface area contributed by atoms with Crippen LogP contribution in [0.4, 0.5) is 8.78 Å². The first-order valence-corrected chi connectivity index (χ1v) is 8.42. The molecule has 144 valence electrons. The molecule has 2 aromatic carbocycles. The molecular weight excluding hydrogens is 364 g/mol. The molecule has 1 heterocycles. The van der Waals surface area contributed by atoms with Crippen molar-refractivity contribution in [3.05, 3.63) is 64.3 Å². The Morgan fingerprint density at radius 3 is 2.71 bits per heavy atom. The van der Waals surface area contributed by atoms with Gasteiger partial charge in [0.1, 0.15) is 0 Å². The van der Waals surface area contributed by atoms with E-state index in [1.807, 2.05) is 18.4 Å². The molecule has 3 rings (SSSR count). The molecule has 0 aliphatic heterocycles. The Morgan fingerprint density at radius 2 is 2.07 bits per heavy atom. The number of halogens is 2. The molecule has 0 bridgehead atoms. The number of aromatic nitrogens is 2. The minimum absolute atomic E-state index is 0.280. The van der Waals surface area contributed by atoms with Crippen LogP contribution < -0.4 is 17.1 Å². The van der Waals surface area contributed by atoms with Gasteiger partial charge in [-0.1, -0.05) is 24.3 Å². The lowest BCUT2D eigenvalue weighted by Gasteiger charge is -2.18. The summed E-state index contributed by atoms with van der Waals surface area (Å²) >= 11 is 0. The number of aryl methyl sites for hydroxylation is 2. The zero-order valence-corrected chi connectivity index (χ0v) is 15.4. The summed E-state index contributed by atoms with van der Waals surface area (Å²) in [4.78, 5) is 0. The minimum Gasteiger partial charge on any atom is -0.321 e. The monoisotopic (exact) mass is 383 g/mol. The van der Waals surface area contributed by atoms with Gasteiger partial charge in [-0.15, -0.1) is 0 Å².